The second-order valence-electron chi connectivity index (χ2n) is 5.84. The lowest BCUT2D eigenvalue weighted by atomic mass is 9.90. The molecule has 1 aliphatic heterocycles. The topological polar surface area (TPSA) is 18.5 Å². The smallest absolute Gasteiger partial charge is 0.122 e. The van der Waals surface area contributed by atoms with Crippen LogP contribution < -0.4 is 0 Å². The van der Waals surface area contributed by atoms with Crippen LogP contribution in [0.2, 0.25) is 0 Å². The van der Waals surface area contributed by atoms with Crippen molar-refractivity contribution >= 4 is 0 Å². The van der Waals surface area contributed by atoms with E-state index in [4.69, 9.17) is 9.47 Å². The first-order chi connectivity index (χ1) is 13.6. The van der Waals surface area contributed by atoms with Crippen molar-refractivity contribution in [3.8, 4) is 0 Å². The van der Waals surface area contributed by atoms with Crippen molar-refractivity contribution in [2.75, 3.05) is 7.11 Å². The van der Waals surface area contributed by atoms with Crippen LogP contribution in [0.4, 0.5) is 0 Å². The van der Waals surface area contributed by atoms with Crippen molar-refractivity contribution in [3.05, 3.63) is 85.3 Å². The van der Waals surface area contributed by atoms with Crippen LogP contribution in [-0.4, -0.2) is 19.3 Å². The van der Waals surface area contributed by atoms with E-state index in [0.717, 1.165) is 12.8 Å². The molecule has 2 nitrogen and oxygen atoms in total. The molecule has 0 saturated carbocycles. The first-order valence-electron chi connectivity index (χ1n) is 10.4. The van der Waals surface area contributed by atoms with Gasteiger partial charge in [-0.3, -0.25) is 0 Å². The average Bonchev–Trinajstić information content (AvgIpc) is 2.74. The van der Waals surface area contributed by atoms with Gasteiger partial charge in [0.05, 0.1) is 12.4 Å². The van der Waals surface area contributed by atoms with Gasteiger partial charge >= 0.3 is 0 Å². The third kappa shape index (κ3) is 12.3. The van der Waals surface area contributed by atoms with Gasteiger partial charge in [-0.15, -0.1) is 0 Å². The van der Waals surface area contributed by atoms with Crippen molar-refractivity contribution in [2.45, 2.75) is 66.6 Å². The summed E-state index contributed by atoms with van der Waals surface area (Å²) in [6, 6.07) is 0. The van der Waals surface area contributed by atoms with E-state index in [-0.39, 0.29) is 18.1 Å². The molecule has 0 aromatic rings. The van der Waals surface area contributed by atoms with Crippen LogP contribution in [0.1, 0.15) is 54.4 Å². The van der Waals surface area contributed by atoms with Gasteiger partial charge in [0.1, 0.15) is 6.10 Å². The second kappa shape index (κ2) is 19.7. The van der Waals surface area contributed by atoms with E-state index >= 15 is 0 Å². The SMILES string of the molecule is C=C/C=C\C(C)=C\C1CC(/C=C/CC(/C=C\C)OC)=COC1C=C.CC.CC. The lowest BCUT2D eigenvalue weighted by molar-refractivity contribution is 0.129. The Hall–Kier alpha value is -2.06. The minimum atomic E-state index is 0.0176. The Morgan fingerprint density at radius 1 is 1.29 bits per heavy atom. The maximum absolute atomic E-state index is 5.82. The van der Waals surface area contributed by atoms with E-state index in [1.54, 1.807) is 13.2 Å². The average molecular weight is 387 g/mol. The Bertz CT molecular complexity index is 547. The molecule has 0 aliphatic carbocycles. The van der Waals surface area contributed by atoms with Gasteiger partial charge in [0.15, 0.2) is 0 Å². The van der Waals surface area contributed by atoms with Crippen molar-refractivity contribution in [1.82, 2.24) is 0 Å². The van der Waals surface area contributed by atoms with E-state index in [1.807, 2.05) is 59.1 Å². The van der Waals surface area contributed by atoms with Crippen LogP contribution in [0.15, 0.2) is 85.3 Å². The Labute approximate surface area is 174 Å². The zero-order valence-corrected chi connectivity index (χ0v) is 19.2. The highest BCUT2D eigenvalue weighted by molar-refractivity contribution is 5.26. The summed E-state index contributed by atoms with van der Waals surface area (Å²) in [5.41, 5.74) is 2.39. The van der Waals surface area contributed by atoms with Crippen molar-refractivity contribution in [1.29, 1.82) is 0 Å². The lowest BCUT2D eigenvalue weighted by Crippen LogP contribution is -2.22. The Balaban J connectivity index is 0. The fourth-order valence-corrected chi connectivity index (χ4v) is 2.63. The van der Waals surface area contributed by atoms with E-state index in [1.165, 1.54) is 11.1 Å². The largest absolute Gasteiger partial charge is 0.493 e. The summed E-state index contributed by atoms with van der Waals surface area (Å²) in [5.74, 6) is 0.287. The molecule has 0 N–H and O–H groups in total. The number of allylic oxidation sites excluding steroid dienone is 7. The molecule has 0 saturated heterocycles. The molecule has 1 heterocycles. The Kier molecular flexibility index (Phi) is 19.8. The maximum Gasteiger partial charge on any atom is 0.122 e. The monoisotopic (exact) mass is 386 g/mol. The minimum Gasteiger partial charge on any atom is -0.493 e. The number of methoxy groups -OCH3 is 1. The summed E-state index contributed by atoms with van der Waals surface area (Å²) in [4.78, 5) is 0. The predicted octanol–water partition coefficient (Wildman–Crippen LogP) is 7.74. The van der Waals surface area contributed by atoms with Gasteiger partial charge in [-0.1, -0.05) is 101 Å². The van der Waals surface area contributed by atoms with Gasteiger partial charge < -0.3 is 9.47 Å². The van der Waals surface area contributed by atoms with Gasteiger partial charge in [0.2, 0.25) is 0 Å². The van der Waals surface area contributed by atoms with Gasteiger partial charge in [0.25, 0.3) is 0 Å². The van der Waals surface area contributed by atoms with Crippen LogP contribution in [0.3, 0.4) is 0 Å². The summed E-state index contributed by atoms with van der Waals surface area (Å²) >= 11 is 0. The summed E-state index contributed by atoms with van der Waals surface area (Å²) < 4.78 is 11.2. The fourth-order valence-electron chi connectivity index (χ4n) is 2.63. The zero-order valence-electron chi connectivity index (χ0n) is 19.2. The van der Waals surface area contributed by atoms with Gasteiger partial charge in [0, 0.05) is 13.0 Å². The molecule has 3 atom stereocenters. The van der Waals surface area contributed by atoms with Gasteiger partial charge in [-0.2, -0.15) is 0 Å². The van der Waals surface area contributed by atoms with Crippen molar-refractivity contribution in [2.24, 2.45) is 5.92 Å². The number of ether oxygens (including phenoxy) is 2. The molecule has 0 radical (unpaired) electrons. The van der Waals surface area contributed by atoms with Crippen LogP contribution in [0, 0.1) is 5.92 Å². The standard InChI is InChI=1S/C22H30O2.2C2H6/c1-6-9-12-18(4)15-20-16-19(17-24-22(20)8-3)13-10-14-21(23-5)11-7-2;2*1-2/h6-13,15,17,20-22H,1,3,14,16H2,2,4-5H3;2*1-2H3/b11-7-,12-9-,13-10+,18-15+;;. The summed E-state index contributed by atoms with van der Waals surface area (Å²) in [5, 5.41) is 0. The Morgan fingerprint density at radius 2 is 1.96 bits per heavy atom. The summed E-state index contributed by atoms with van der Waals surface area (Å²) in [6.07, 6.45) is 22.0. The quantitative estimate of drug-likeness (QED) is 0.298. The fraction of sp³-hybridized carbons (Fsp3) is 0.462. The van der Waals surface area contributed by atoms with Crippen LogP contribution in [0.25, 0.3) is 0 Å². The third-order valence-electron chi connectivity index (χ3n) is 3.88. The highest BCUT2D eigenvalue weighted by atomic mass is 16.5. The molecule has 28 heavy (non-hydrogen) atoms. The molecule has 0 spiro atoms. The molecule has 0 aromatic carbocycles. The lowest BCUT2D eigenvalue weighted by Gasteiger charge is -2.27. The molecule has 3 unspecified atom stereocenters. The number of hydrogen-bond acceptors (Lipinski definition) is 2. The van der Waals surface area contributed by atoms with E-state index in [0.29, 0.717) is 0 Å². The highest BCUT2D eigenvalue weighted by Crippen LogP contribution is 2.28. The molecule has 0 fully saturated rings. The number of hydrogen-bond donors (Lipinski definition) is 0. The maximum atomic E-state index is 5.82. The number of rotatable bonds is 9. The first-order valence-corrected chi connectivity index (χ1v) is 10.4. The predicted molar refractivity (Wildman–Crippen MR) is 126 cm³/mol. The molecule has 0 amide bonds. The van der Waals surface area contributed by atoms with Crippen LogP contribution in [0.5, 0.6) is 0 Å². The molecule has 158 valence electrons. The van der Waals surface area contributed by atoms with E-state index in [9.17, 15) is 0 Å². The van der Waals surface area contributed by atoms with E-state index < -0.39 is 0 Å². The van der Waals surface area contributed by atoms with Gasteiger partial charge in [-0.25, -0.2) is 0 Å². The van der Waals surface area contributed by atoms with E-state index in [2.05, 4.69) is 50.5 Å². The minimum absolute atomic E-state index is 0.0176. The van der Waals surface area contributed by atoms with Crippen LogP contribution >= 0.6 is 0 Å². The highest BCUT2D eigenvalue weighted by Gasteiger charge is 2.22. The van der Waals surface area contributed by atoms with Crippen LogP contribution in [-0.2, 0) is 9.47 Å². The molecular formula is C26H42O2. The molecule has 0 bridgehead atoms. The second-order valence-corrected chi connectivity index (χ2v) is 5.84. The normalized spacial score (nSPS) is 20.5. The molecule has 1 aliphatic rings. The first kappa shape index (κ1) is 28.2. The summed E-state index contributed by atoms with van der Waals surface area (Å²) in [6.45, 7) is 19.7. The van der Waals surface area contributed by atoms with Crippen molar-refractivity contribution in [3.63, 3.8) is 0 Å². The zero-order chi connectivity index (χ0) is 21.8. The summed E-state index contributed by atoms with van der Waals surface area (Å²) in [7, 11) is 1.73. The van der Waals surface area contributed by atoms with Gasteiger partial charge in [-0.05, 0) is 32.3 Å². The van der Waals surface area contributed by atoms with Crippen molar-refractivity contribution < 1.29 is 9.47 Å². The molecule has 1 rings (SSSR count). The Morgan fingerprint density at radius 3 is 2.50 bits per heavy atom. The molecule has 0 aromatic heterocycles. The molecular weight excluding hydrogens is 344 g/mol. The third-order valence-corrected chi connectivity index (χ3v) is 3.88. The molecule has 2 heteroatoms.